The Labute approximate surface area is 93.8 Å². The van der Waals surface area contributed by atoms with Crippen LogP contribution in [-0.4, -0.2) is 5.24 Å². The Bertz CT molecular complexity index is 413. The van der Waals surface area contributed by atoms with Gasteiger partial charge in [-0.15, -0.1) is 0 Å². The third kappa shape index (κ3) is 2.63. The van der Waals surface area contributed by atoms with E-state index in [1.54, 1.807) is 0 Å². The van der Waals surface area contributed by atoms with Crippen molar-refractivity contribution in [1.29, 1.82) is 0 Å². The van der Waals surface area contributed by atoms with Crippen LogP contribution >= 0.6 is 23.2 Å². The van der Waals surface area contributed by atoms with E-state index in [1.165, 1.54) is 6.92 Å². The molecule has 0 aliphatic heterocycles. The molecule has 0 spiro atoms. The minimum absolute atomic E-state index is 0.0759. The van der Waals surface area contributed by atoms with E-state index in [1.807, 2.05) is 0 Å². The summed E-state index contributed by atoms with van der Waals surface area (Å²) in [6, 6.07) is 1.73. The van der Waals surface area contributed by atoms with Gasteiger partial charge in [0.25, 0.3) is 5.24 Å². The fourth-order valence-corrected chi connectivity index (χ4v) is 1.40. The highest BCUT2D eigenvalue weighted by Gasteiger charge is 2.35. The van der Waals surface area contributed by atoms with Crippen LogP contribution in [0.25, 0.3) is 0 Å². The Kier molecular flexibility index (Phi) is 3.31. The summed E-state index contributed by atoms with van der Waals surface area (Å²) >= 11 is 10.6. The van der Waals surface area contributed by atoms with Crippen molar-refractivity contribution in [2.75, 3.05) is 0 Å². The molecule has 0 aliphatic carbocycles. The van der Waals surface area contributed by atoms with Crippen molar-refractivity contribution in [2.45, 2.75) is 13.1 Å². The molecular formula is C9H5Cl2F3O. The second kappa shape index (κ2) is 4.02. The highest BCUT2D eigenvalue weighted by Crippen LogP contribution is 2.35. The Hall–Kier alpha value is -0.740. The van der Waals surface area contributed by atoms with Crippen LogP contribution in [0.15, 0.2) is 12.1 Å². The van der Waals surface area contributed by atoms with Crippen molar-refractivity contribution in [2.24, 2.45) is 0 Å². The zero-order valence-corrected chi connectivity index (χ0v) is 8.96. The fraction of sp³-hybridized carbons (Fsp3) is 0.222. The number of hydrogen-bond acceptors (Lipinski definition) is 1. The zero-order valence-electron chi connectivity index (χ0n) is 7.45. The summed E-state index contributed by atoms with van der Waals surface area (Å²) in [5.74, 6) is 0. The summed E-state index contributed by atoms with van der Waals surface area (Å²) in [5.41, 5.74) is -1.45. The summed E-state index contributed by atoms with van der Waals surface area (Å²) in [6.45, 7) is 1.42. The van der Waals surface area contributed by atoms with Crippen molar-refractivity contribution in [3.63, 3.8) is 0 Å². The maximum atomic E-state index is 12.5. The molecule has 1 aromatic rings. The van der Waals surface area contributed by atoms with E-state index in [-0.39, 0.29) is 10.6 Å². The third-order valence-corrected chi connectivity index (χ3v) is 2.43. The zero-order chi connectivity index (χ0) is 11.8. The Morgan fingerprint density at radius 1 is 1.33 bits per heavy atom. The standard InChI is InChI=1S/C9H5Cl2F3O/c1-4-2-6(9(12,13)14)5(8(11)15)3-7(4)10/h2-3H,1H3. The second-order valence-electron chi connectivity index (χ2n) is 2.92. The summed E-state index contributed by atoms with van der Waals surface area (Å²) in [6.07, 6.45) is -4.62. The van der Waals surface area contributed by atoms with Crippen LogP contribution in [0, 0.1) is 6.92 Å². The predicted octanol–water partition coefficient (Wildman–Crippen LogP) is 4.05. The van der Waals surface area contributed by atoms with E-state index >= 15 is 0 Å². The van der Waals surface area contributed by atoms with Crippen molar-refractivity contribution >= 4 is 28.4 Å². The average molecular weight is 257 g/mol. The maximum absolute atomic E-state index is 12.5. The van der Waals surface area contributed by atoms with Gasteiger partial charge in [-0.05, 0) is 36.2 Å². The van der Waals surface area contributed by atoms with Gasteiger partial charge in [0, 0.05) is 10.6 Å². The second-order valence-corrected chi connectivity index (χ2v) is 3.67. The number of benzene rings is 1. The molecule has 0 saturated heterocycles. The molecule has 1 nitrogen and oxygen atoms in total. The molecular weight excluding hydrogens is 252 g/mol. The molecule has 0 bridgehead atoms. The predicted molar refractivity (Wildman–Crippen MR) is 51.4 cm³/mol. The molecule has 0 aromatic heterocycles. The van der Waals surface area contributed by atoms with Crippen molar-refractivity contribution < 1.29 is 18.0 Å². The molecule has 6 heteroatoms. The van der Waals surface area contributed by atoms with Crippen LogP contribution in [0.3, 0.4) is 0 Å². The van der Waals surface area contributed by atoms with Crippen LogP contribution in [0.1, 0.15) is 21.5 Å². The highest BCUT2D eigenvalue weighted by molar-refractivity contribution is 6.68. The van der Waals surface area contributed by atoms with Gasteiger partial charge in [-0.25, -0.2) is 0 Å². The van der Waals surface area contributed by atoms with E-state index in [0.717, 1.165) is 12.1 Å². The van der Waals surface area contributed by atoms with E-state index in [2.05, 4.69) is 0 Å². The number of hydrogen-bond donors (Lipinski definition) is 0. The molecule has 1 aromatic carbocycles. The third-order valence-electron chi connectivity index (χ3n) is 1.82. The van der Waals surface area contributed by atoms with Crippen LogP contribution in [-0.2, 0) is 6.18 Å². The first-order valence-corrected chi connectivity index (χ1v) is 4.56. The average Bonchev–Trinajstić information content (AvgIpc) is 2.06. The molecule has 0 atom stereocenters. The number of carbonyl (C=O) groups excluding carboxylic acids is 1. The van der Waals surface area contributed by atoms with Gasteiger partial charge in [-0.1, -0.05) is 11.6 Å². The molecule has 0 fully saturated rings. The molecule has 15 heavy (non-hydrogen) atoms. The van der Waals surface area contributed by atoms with Crippen molar-refractivity contribution in [3.8, 4) is 0 Å². The van der Waals surface area contributed by atoms with E-state index in [0.29, 0.717) is 0 Å². The summed E-state index contributed by atoms with van der Waals surface area (Å²) in [5, 5.41) is -1.10. The van der Waals surface area contributed by atoms with E-state index in [4.69, 9.17) is 23.2 Å². The van der Waals surface area contributed by atoms with E-state index in [9.17, 15) is 18.0 Å². The number of rotatable bonds is 1. The lowest BCUT2D eigenvalue weighted by atomic mass is 10.0. The molecule has 0 radical (unpaired) electrons. The quantitative estimate of drug-likeness (QED) is 0.693. The van der Waals surface area contributed by atoms with Gasteiger partial charge in [0.1, 0.15) is 0 Å². The molecule has 0 aliphatic rings. The lowest BCUT2D eigenvalue weighted by Crippen LogP contribution is -2.11. The summed E-state index contributed by atoms with van der Waals surface area (Å²) < 4.78 is 37.4. The van der Waals surface area contributed by atoms with Gasteiger partial charge < -0.3 is 0 Å². The topological polar surface area (TPSA) is 17.1 Å². The number of aryl methyl sites for hydroxylation is 1. The first-order chi connectivity index (χ1) is 6.73. The van der Waals surface area contributed by atoms with Gasteiger partial charge in [0.05, 0.1) is 5.56 Å². The number of halogens is 5. The number of alkyl halides is 3. The largest absolute Gasteiger partial charge is 0.417 e. The van der Waals surface area contributed by atoms with E-state index < -0.39 is 22.5 Å². The van der Waals surface area contributed by atoms with Crippen molar-refractivity contribution in [1.82, 2.24) is 0 Å². The maximum Gasteiger partial charge on any atom is 0.417 e. The minimum Gasteiger partial charge on any atom is -0.276 e. The van der Waals surface area contributed by atoms with Crippen LogP contribution in [0.4, 0.5) is 13.2 Å². The lowest BCUT2D eigenvalue weighted by molar-refractivity contribution is -0.137. The van der Waals surface area contributed by atoms with Gasteiger partial charge in [-0.2, -0.15) is 13.2 Å². The fourth-order valence-electron chi connectivity index (χ4n) is 1.08. The normalized spacial score (nSPS) is 11.6. The van der Waals surface area contributed by atoms with Crippen LogP contribution in [0.2, 0.25) is 5.02 Å². The van der Waals surface area contributed by atoms with Gasteiger partial charge in [-0.3, -0.25) is 4.79 Å². The molecule has 82 valence electrons. The molecule has 0 N–H and O–H groups in total. The van der Waals surface area contributed by atoms with Gasteiger partial charge >= 0.3 is 6.18 Å². The molecule has 0 saturated carbocycles. The Morgan fingerprint density at radius 2 is 1.87 bits per heavy atom. The van der Waals surface area contributed by atoms with Crippen LogP contribution < -0.4 is 0 Å². The monoisotopic (exact) mass is 256 g/mol. The summed E-state index contributed by atoms with van der Waals surface area (Å²) in [7, 11) is 0. The lowest BCUT2D eigenvalue weighted by Gasteiger charge is -2.12. The Balaban J connectivity index is 3.49. The molecule has 0 unspecified atom stereocenters. The smallest absolute Gasteiger partial charge is 0.276 e. The SMILES string of the molecule is Cc1cc(C(F)(F)F)c(C(=O)Cl)cc1Cl. The number of carbonyl (C=O) groups is 1. The molecule has 0 heterocycles. The van der Waals surface area contributed by atoms with Gasteiger partial charge in [0.2, 0.25) is 0 Å². The van der Waals surface area contributed by atoms with Crippen LogP contribution in [0.5, 0.6) is 0 Å². The minimum atomic E-state index is -4.62. The summed E-state index contributed by atoms with van der Waals surface area (Å²) in [4.78, 5) is 10.8. The van der Waals surface area contributed by atoms with Crippen molar-refractivity contribution in [3.05, 3.63) is 33.8 Å². The first kappa shape index (κ1) is 12.3. The molecule has 0 amide bonds. The first-order valence-electron chi connectivity index (χ1n) is 3.80. The Morgan fingerprint density at radius 3 is 2.27 bits per heavy atom. The molecule has 1 rings (SSSR count). The van der Waals surface area contributed by atoms with Gasteiger partial charge in [0.15, 0.2) is 0 Å². The highest BCUT2D eigenvalue weighted by atomic mass is 35.5.